The molecule has 0 radical (unpaired) electrons. The number of benzene rings is 2. The Labute approximate surface area is 193 Å². The van der Waals surface area contributed by atoms with Gasteiger partial charge in [0.1, 0.15) is 5.78 Å². The van der Waals surface area contributed by atoms with Gasteiger partial charge in [-0.2, -0.15) is 13.2 Å². The highest BCUT2D eigenvalue weighted by Crippen LogP contribution is 2.49. The first kappa shape index (κ1) is 23.9. The summed E-state index contributed by atoms with van der Waals surface area (Å²) < 4.78 is 42.4. The fourth-order valence-electron chi connectivity index (χ4n) is 3.47. The maximum Gasteiger partial charge on any atom is 0.435 e. The first-order valence-electron chi connectivity index (χ1n) is 9.64. The van der Waals surface area contributed by atoms with Crippen molar-refractivity contribution >= 4 is 46.3 Å². The average Bonchev–Trinajstić information content (AvgIpc) is 3.14. The number of carbonyl (C=O) groups excluding carboxylic acids is 1. The quantitative estimate of drug-likeness (QED) is 0.401. The van der Waals surface area contributed by atoms with E-state index in [0.29, 0.717) is 35.4 Å². The molecule has 0 spiro atoms. The van der Waals surface area contributed by atoms with Crippen LogP contribution in [0.25, 0.3) is 0 Å². The molecule has 3 nitrogen and oxygen atoms in total. The number of hydrogen-bond donors (Lipinski definition) is 0. The maximum atomic E-state index is 14.1. The molecule has 0 saturated heterocycles. The molecule has 1 atom stereocenters. The number of halogens is 6. The van der Waals surface area contributed by atoms with Crippen molar-refractivity contribution in [3.63, 3.8) is 0 Å². The van der Waals surface area contributed by atoms with E-state index in [1.54, 1.807) is 18.2 Å². The Balaban J connectivity index is 1.90. The highest BCUT2D eigenvalue weighted by atomic mass is 35.5. The Morgan fingerprint density at radius 3 is 2.39 bits per heavy atom. The molecule has 166 valence electrons. The van der Waals surface area contributed by atoms with Crippen molar-refractivity contribution in [2.45, 2.75) is 50.8 Å². The van der Waals surface area contributed by atoms with Crippen LogP contribution >= 0.6 is 34.8 Å². The molecule has 0 saturated carbocycles. The van der Waals surface area contributed by atoms with Gasteiger partial charge in [-0.25, -0.2) is 0 Å². The standard InChI is InChI=1S/C22H19Cl3F3NO2/c1-2-3-18(30)6-4-13-8-14(5-7-19(13)25)20-12-21(31-29-20,22(26,27)28)15-9-16(23)11-17(24)10-15/h5,7-11H,2-4,6,12H2,1H3. The summed E-state index contributed by atoms with van der Waals surface area (Å²) in [6.07, 6.45) is -3.37. The first-order chi connectivity index (χ1) is 14.6. The molecular weight excluding hydrogens is 474 g/mol. The Morgan fingerprint density at radius 2 is 1.77 bits per heavy atom. The first-order valence-corrected chi connectivity index (χ1v) is 10.8. The SMILES string of the molecule is CCCC(=O)CCc1cc(C2=NOC(c3cc(Cl)cc(Cl)c3)(C(F)(F)F)C2)ccc1Cl. The molecule has 0 fully saturated rings. The molecule has 1 heterocycles. The number of hydrogen-bond acceptors (Lipinski definition) is 3. The third kappa shape index (κ3) is 5.18. The van der Waals surface area contributed by atoms with Gasteiger partial charge in [0.2, 0.25) is 0 Å². The van der Waals surface area contributed by atoms with Crippen molar-refractivity contribution in [2.24, 2.45) is 5.16 Å². The molecule has 0 aliphatic carbocycles. The van der Waals surface area contributed by atoms with E-state index in [-0.39, 0.29) is 27.1 Å². The van der Waals surface area contributed by atoms with E-state index in [1.165, 1.54) is 18.2 Å². The van der Waals surface area contributed by atoms with Crippen LogP contribution in [0.4, 0.5) is 13.2 Å². The normalized spacial score (nSPS) is 18.6. The van der Waals surface area contributed by atoms with E-state index >= 15 is 0 Å². The molecule has 0 N–H and O–H groups in total. The summed E-state index contributed by atoms with van der Waals surface area (Å²) in [7, 11) is 0. The van der Waals surface area contributed by atoms with E-state index in [9.17, 15) is 18.0 Å². The molecule has 2 aromatic rings. The number of ketones is 1. The summed E-state index contributed by atoms with van der Waals surface area (Å²) in [5.74, 6) is 0.111. The zero-order valence-electron chi connectivity index (χ0n) is 16.5. The minimum absolute atomic E-state index is 0.0636. The van der Waals surface area contributed by atoms with Crippen LogP contribution in [0.1, 0.15) is 49.3 Å². The van der Waals surface area contributed by atoms with Crippen LogP contribution in [-0.4, -0.2) is 17.7 Å². The zero-order valence-corrected chi connectivity index (χ0v) is 18.8. The molecule has 0 amide bonds. The molecule has 1 aliphatic heterocycles. The number of rotatable bonds is 7. The second kappa shape index (κ2) is 9.39. The van der Waals surface area contributed by atoms with E-state index in [2.05, 4.69) is 5.16 Å². The van der Waals surface area contributed by atoms with Gasteiger partial charge in [0.05, 0.1) is 5.71 Å². The van der Waals surface area contributed by atoms with Crippen LogP contribution in [0.2, 0.25) is 15.1 Å². The summed E-state index contributed by atoms with van der Waals surface area (Å²) in [5.41, 5.74) is -1.70. The molecular formula is C22H19Cl3F3NO2. The lowest BCUT2D eigenvalue weighted by molar-refractivity contribution is -0.275. The topological polar surface area (TPSA) is 38.7 Å². The Kier molecular flexibility index (Phi) is 7.24. The van der Waals surface area contributed by atoms with Crippen molar-refractivity contribution in [1.29, 1.82) is 0 Å². The van der Waals surface area contributed by atoms with Gasteiger partial charge >= 0.3 is 6.18 Å². The van der Waals surface area contributed by atoms with Crippen LogP contribution in [0.5, 0.6) is 0 Å². The van der Waals surface area contributed by atoms with Crippen LogP contribution in [0.3, 0.4) is 0 Å². The van der Waals surface area contributed by atoms with Crippen molar-refractivity contribution in [3.05, 3.63) is 68.2 Å². The summed E-state index contributed by atoms with van der Waals surface area (Å²) in [6.45, 7) is 1.92. The number of Topliss-reactive ketones (excluding diaryl/α,β-unsaturated/α-hetero) is 1. The number of aryl methyl sites for hydroxylation is 1. The summed E-state index contributed by atoms with van der Waals surface area (Å²) in [6, 6.07) is 8.51. The highest BCUT2D eigenvalue weighted by molar-refractivity contribution is 6.34. The van der Waals surface area contributed by atoms with Crippen molar-refractivity contribution in [3.8, 4) is 0 Å². The number of alkyl halides is 3. The van der Waals surface area contributed by atoms with E-state index in [1.807, 2.05) is 6.92 Å². The number of nitrogens with zero attached hydrogens (tertiary/aromatic N) is 1. The smallest absolute Gasteiger partial charge is 0.374 e. The minimum atomic E-state index is -4.77. The van der Waals surface area contributed by atoms with Crippen molar-refractivity contribution < 1.29 is 22.8 Å². The second-order valence-electron chi connectivity index (χ2n) is 7.38. The summed E-state index contributed by atoms with van der Waals surface area (Å²) in [5, 5.41) is 4.33. The van der Waals surface area contributed by atoms with E-state index in [0.717, 1.165) is 6.42 Å². The third-order valence-electron chi connectivity index (χ3n) is 5.10. The minimum Gasteiger partial charge on any atom is -0.374 e. The second-order valence-corrected chi connectivity index (χ2v) is 8.66. The molecule has 9 heteroatoms. The predicted octanol–water partition coefficient (Wildman–Crippen LogP) is 7.53. The molecule has 31 heavy (non-hydrogen) atoms. The molecule has 3 rings (SSSR count). The van der Waals surface area contributed by atoms with Crippen LogP contribution in [0.15, 0.2) is 41.6 Å². The predicted molar refractivity (Wildman–Crippen MR) is 116 cm³/mol. The molecule has 1 aliphatic rings. The Hall–Kier alpha value is -1.76. The zero-order chi connectivity index (χ0) is 22.8. The van der Waals surface area contributed by atoms with Gasteiger partial charge in [0.25, 0.3) is 5.60 Å². The molecule has 1 unspecified atom stereocenters. The molecule has 0 aromatic heterocycles. The Bertz CT molecular complexity index is 1000. The van der Waals surface area contributed by atoms with Crippen LogP contribution in [-0.2, 0) is 21.7 Å². The van der Waals surface area contributed by atoms with Gasteiger partial charge in [0, 0.05) is 39.9 Å². The Morgan fingerprint density at radius 1 is 1.10 bits per heavy atom. The van der Waals surface area contributed by atoms with Crippen molar-refractivity contribution in [1.82, 2.24) is 0 Å². The summed E-state index contributed by atoms with van der Waals surface area (Å²) in [4.78, 5) is 16.9. The average molecular weight is 493 g/mol. The molecule has 2 aromatic carbocycles. The lowest BCUT2D eigenvalue weighted by atomic mass is 9.86. The van der Waals surface area contributed by atoms with Gasteiger partial charge in [-0.15, -0.1) is 0 Å². The van der Waals surface area contributed by atoms with Crippen LogP contribution < -0.4 is 0 Å². The number of oxime groups is 1. The lowest BCUT2D eigenvalue weighted by Crippen LogP contribution is -2.42. The third-order valence-corrected chi connectivity index (χ3v) is 5.90. The molecule has 0 bridgehead atoms. The van der Waals surface area contributed by atoms with E-state index in [4.69, 9.17) is 39.6 Å². The monoisotopic (exact) mass is 491 g/mol. The van der Waals surface area contributed by atoms with Gasteiger partial charge in [-0.3, -0.25) is 4.79 Å². The van der Waals surface area contributed by atoms with E-state index < -0.39 is 18.2 Å². The fourth-order valence-corrected chi connectivity index (χ4v) is 4.21. The van der Waals surface area contributed by atoms with Gasteiger partial charge in [-0.05, 0) is 54.3 Å². The van der Waals surface area contributed by atoms with Crippen LogP contribution in [0, 0.1) is 0 Å². The van der Waals surface area contributed by atoms with Crippen molar-refractivity contribution in [2.75, 3.05) is 0 Å². The highest BCUT2D eigenvalue weighted by Gasteiger charge is 2.62. The fraction of sp³-hybridized carbons (Fsp3) is 0.364. The summed E-state index contributed by atoms with van der Waals surface area (Å²) >= 11 is 18.1. The maximum absolute atomic E-state index is 14.1. The van der Waals surface area contributed by atoms with Gasteiger partial charge in [-0.1, -0.05) is 52.9 Å². The lowest BCUT2D eigenvalue weighted by Gasteiger charge is -2.29. The number of carbonyl (C=O) groups is 1. The van der Waals surface area contributed by atoms with Gasteiger partial charge in [0.15, 0.2) is 0 Å². The largest absolute Gasteiger partial charge is 0.435 e. The van der Waals surface area contributed by atoms with Gasteiger partial charge < -0.3 is 4.84 Å².